The molecule has 19 nitrogen and oxygen atoms in total. The number of alkyl carbamates (subject to hydrolysis) is 2. The highest BCUT2D eigenvalue weighted by Gasteiger charge is 2.26. The lowest BCUT2D eigenvalue weighted by Gasteiger charge is -2.20. The quantitative estimate of drug-likeness (QED) is 0.0226. The molecular formula is C62H75N7O12S37. The maximum Gasteiger partial charge on any atom is 0.408 e. The van der Waals surface area contributed by atoms with Gasteiger partial charge in [-0.15, -0.1) is 0 Å². The molecule has 0 radical (unpaired) electrons. The van der Waals surface area contributed by atoms with Gasteiger partial charge in [0.1, 0.15) is 24.3 Å². The fourth-order valence-electron chi connectivity index (χ4n) is 7.01. The third-order valence-electron chi connectivity index (χ3n) is 11.6. The average Bonchev–Trinajstić information content (AvgIpc) is 0.862. The molecule has 6 aromatic rings. The molecule has 0 saturated heterocycles. The van der Waals surface area contributed by atoms with Crippen LogP contribution in [0.3, 0.4) is 0 Å². The highest BCUT2D eigenvalue weighted by molar-refractivity contribution is 8.79. The number of esters is 1. The molecule has 6 rings (SSSR count). The molecule has 5 amide bonds. The number of aliphatic hydroxyl groups excluding tert-OH is 1. The molecule has 6 aromatic carbocycles. The summed E-state index contributed by atoms with van der Waals surface area (Å²) >= 11 is 19.0. The molecule has 0 fully saturated rings. The molecule has 0 heterocycles. The first-order chi connectivity index (χ1) is 56.6. The highest BCUT2D eigenvalue weighted by atomic mass is 33.5. The Labute approximate surface area is 800 Å². The van der Waals surface area contributed by atoms with E-state index in [1.807, 2.05) is 160 Å². The van der Waals surface area contributed by atoms with Crippen molar-refractivity contribution in [3.8, 4) is 0 Å². The van der Waals surface area contributed by atoms with Crippen LogP contribution < -0.4 is 26.6 Å². The van der Waals surface area contributed by atoms with E-state index in [9.17, 15) is 38.7 Å². The topological polar surface area (TPSA) is 284 Å². The normalized spacial score (nSPS) is 10.3. The molecule has 0 bridgehead atoms. The van der Waals surface area contributed by atoms with Crippen molar-refractivity contribution in [2.45, 2.75) is 111 Å². The zero-order chi connectivity index (χ0) is 87.3. The molecule has 0 saturated carbocycles. The van der Waals surface area contributed by atoms with Gasteiger partial charge in [0.15, 0.2) is 12.1 Å². The van der Waals surface area contributed by atoms with Gasteiger partial charge in [0.25, 0.3) is 17.7 Å². The van der Waals surface area contributed by atoms with Crippen LogP contribution in [0.2, 0.25) is 0 Å². The maximum absolute atomic E-state index is 12.8. The number of aliphatic carboxylic acids is 1. The SMILES string of the molecule is CC(C)(C)OC(=O)NCC(=O)O.Cc1ccc(C(N=N)C(=O)NCc2ccccc2)cc1.Cc1ccc(C(O)C(=O)NCc2ccccc2)cc1.Cc1ccc(C(OC(=O)CNC(=O)OC(C)(C)C)C(=O)NCc2ccccc2)cc1.S=S=S=S=S=S=S=S=S=S=S=S=S=S=S=S=S=S.S=S=S=S=S=S=S=S=S=S=S=S=S=S=S=S=S=S=S. The number of hydrogen-bond acceptors (Lipinski definition) is 17. The van der Waals surface area contributed by atoms with E-state index < -0.39 is 72.6 Å². The van der Waals surface area contributed by atoms with E-state index in [1.54, 1.807) is 323 Å². The summed E-state index contributed by atoms with van der Waals surface area (Å²) in [5.41, 5.74) is 14.0. The van der Waals surface area contributed by atoms with Crippen LogP contribution in [-0.2, 0) is 396 Å². The first-order valence-electron chi connectivity index (χ1n) is 31.7. The second-order valence-corrected chi connectivity index (χ2v) is 80.9. The Bertz CT molecular complexity index is 5790. The highest BCUT2D eigenvalue weighted by Crippen LogP contribution is 2.21. The number of amides is 5. The summed E-state index contributed by atoms with van der Waals surface area (Å²) in [6.07, 6.45) is -3.71. The van der Waals surface area contributed by atoms with Gasteiger partial charge in [-0.1, -0.05) is 180 Å². The van der Waals surface area contributed by atoms with Crippen LogP contribution in [0.5, 0.6) is 0 Å². The van der Waals surface area contributed by atoms with Gasteiger partial charge < -0.3 is 51.0 Å². The number of hydrogen-bond donors (Lipinski definition) is 8. The average molecular weight is 2300 g/mol. The predicted molar refractivity (Wildman–Crippen MR) is 579 cm³/mol. The predicted octanol–water partition coefficient (Wildman–Crippen LogP) is 9.66. The fraction of sp³-hybridized carbons (Fsp3) is 0.306. The molecule has 3 unspecified atom stereocenters. The molecule has 652 valence electrons. The Morgan fingerprint density at radius 1 is 0.364 bits per heavy atom. The fourth-order valence-corrected chi connectivity index (χ4v) is 86.6. The lowest BCUT2D eigenvalue weighted by molar-refractivity contribution is -0.155. The van der Waals surface area contributed by atoms with Crippen LogP contribution >= 0.6 is 0 Å². The number of carboxylic acid groups (broad SMARTS) is 1. The molecule has 3 atom stereocenters. The summed E-state index contributed by atoms with van der Waals surface area (Å²) in [5, 5.41) is 34.3. The number of nitrogens with one attached hydrogen (secondary N) is 6. The van der Waals surface area contributed by atoms with Gasteiger partial charge in [-0.25, -0.2) is 15.1 Å². The van der Waals surface area contributed by atoms with Crippen LogP contribution in [-0.4, -0.2) is 76.4 Å². The Morgan fingerprint density at radius 2 is 0.627 bits per heavy atom. The smallest absolute Gasteiger partial charge is 0.408 e. The minimum Gasteiger partial charge on any atom is -0.480 e. The van der Waals surface area contributed by atoms with Crippen LogP contribution in [0.1, 0.15) is 110 Å². The van der Waals surface area contributed by atoms with Crippen LogP contribution in [0.4, 0.5) is 9.59 Å². The minimum atomic E-state index is -1.14. The number of carbonyl (C=O) groups excluding carboxylic acids is 6. The Kier molecular flexibility index (Phi) is 74.0. The van der Waals surface area contributed by atoms with Crippen molar-refractivity contribution in [2.24, 2.45) is 5.11 Å². The largest absolute Gasteiger partial charge is 0.480 e. The number of ether oxygens (including phenoxy) is 3. The van der Waals surface area contributed by atoms with Crippen molar-refractivity contribution in [3.63, 3.8) is 0 Å². The summed E-state index contributed by atoms with van der Waals surface area (Å²) in [6, 6.07) is 49.8. The third-order valence-corrected chi connectivity index (χ3v) is 80.5. The summed E-state index contributed by atoms with van der Waals surface area (Å²) in [7, 11) is 56.2. The lowest BCUT2D eigenvalue weighted by Crippen LogP contribution is -2.38. The number of carbonyl (C=O) groups is 7. The molecule has 0 aliphatic rings. The zero-order valence-electron chi connectivity index (χ0n) is 62.4. The van der Waals surface area contributed by atoms with Crippen LogP contribution in [0.15, 0.2) is 169 Å². The monoisotopic (exact) mass is 2290 g/mol. The van der Waals surface area contributed by atoms with E-state index in [1.165, 1.54) is 35.5 Å². The first-order valence-corrected chi connectivity index (χ1v) is 78.4. The van der Waals surface area contributed by atoms with Gasteiger partial charge >= 0.3 is 24.1 Å². The molecule has 0 spiro atoms. The van der Waals surface area contributed by atoms with E-state index >= 15 is 0 Å². The van der Waals surface area contributed by atoms with Gasteiger partial charge in [-0.3, -0.25) is 24.0 Å². The molecule has 0 aromatic heterocycles. The van der Waals surface area contributed by atoms with E-state index in [-0.39, 0.29) is 11.8 Å². The number of aryl methyl sites for hydroxylation is 3. The van der Waals surface area contributed by atoms with Crippen molar-refractivity contribution in [1.29, 1.82) is 5.53 Å². The Balaban J connectivity index is 0.000000722. The Hall–Kier alpha value is -1.09. The summed E-state index contributed by atoms with van der Waals surface area (Å²) < 4.78 is 15.2. The lowest BCUT2D eigenvalue weighted by atomic mass is 10.1. The van der Waals surface area contributed by atoms with E-state index in [0.717, 1.165) is 38.9 Å². The van der Waals surface area contributed by atoms with E-state index in [2.05, 4.69) is 31.7 Å². The van der Waals surface area contributed by atoms with Gasteiger partial charge in [-0.2, -0.15) is 5.11 Å². The summed E-state index contributed by atoms with van der Waals surface area (Å²) in [5.74, 6) is -2.93. The number of benzene rings is 6. The van der Waals surface area contributed by atoms with Gasteiger partial charge in [-0.05, 0) is 90.1 Å². The van der Waals surface area contributed by atoms with Crippen LogP contribution in [0, 0.1) is 26.3 Å². The summed E-state index contributed by atoms with van der Waals surface area (Å²) in [6.45, 7) is 16.4. The van der Waals surface area contributed by atoms with E-state index in [4.69, 9.17) is 69.6 Å². The van der Waals surface area contributed by atoms with Gasteiger partial charge in [0, 0.05) is 363 Å². The standard InChI is InChI=1S/C23H28N2O5.C16H17N3O.C16H17NO2.C7H13NO4.S19.S18/c1-16-10-12-18(13-11-16)20(21(27)24-14-17-8-6-5-7-9-17)29-19(26)15-25-22(28)30-23(2,3)4;1-12-7-9-14(10-8-12)15(19-17)16(20)18-11-13-5-3-2-4-6-13;1-12-7-9-14(10-8-12)15(18)16(19)17-11-13-5-3-2-4-6-13;1-7(2,3)12-6(11)8-4-5(9)10;1-3-5-7-9-11-13-15-17-19-18-16-14-12-10-8-6-4-2;1-3-5-7-9-11-13-15-17-18-16-14-12-10-8-6-4-2/h5-13,20H,14-15H2,1-4H3,(H,24,27)(H,25,28);2-10,15,17H,11H2,1H3,(H,18,20);2-10,15,18H,11H2,1H3,(H,17,19);4H2,1-3H3,(H,8,11)(H,9,10);;. The molecule has 118 heavy (non-hydrogen) atoms. The van der Waals surface area contributed by atoms with E-state index in [0.29, 0.717) is 30.8 Å². The number of aliphatic hydroxyl groups is 1. The van der Waals surface area contributed by atoms with Crippen molar-refractivity contribution >= 4 is 380 Å². The molecule has 0 aliphatic carbocycles. The van der Waals surface area contributed by atoms with Gasteiger partial charge in [0.2, 0.25) is 6.10 Å². The number of carboxylic acids is 1. The number of nitrogens with zero attached hydrogens (tertiary/aromatic N) is 1. The molecule has 0 aliphatic heterocycles. The third kappa shape index (κ3) is 67.2. The molecular weight excluding hydrogens is 2220 g/mol. The first kappa shape index (κ1) is 115. The van der Waals surface area contributed by atoms with Crippen molar-refractivity contribution in [2.75, 3.05) is 13.1 Å². The molecule has 56 heteroatoms. The second-order valence-electron chi connectivity index (χ2n) is 22.5. The zero-order valence-corrected chi connectivity index (χ0v) is 92.6. The van der Waals surface area contributed by atoms with Crippen molar-refractivity contribution in [3.05, 3.63) is 214 Å². The van der Waals surface area contributed by atoms with Crippen molar-refractivity contribution in [1.82, 2.24) is 26.6 Å². The van der Waals surface area contributed by atoms with Gasteiger partial charge in [0.05, 0.1) is 0 Å². The number of rotatable bonds is 18. The van der Waals surface area contributed by atoms with Crippen LogP contribution in [0.25, 0.3) is 0 Å². The minimum absolute atomic E-state index is 0.257. The second kappa shape index (κ2) is 76.0. The van der Waals surface area contributed by atoms with Crippen molar-refractivity contribution < 1.29 is 58.0 Å². The molecule has 8 N–H and O–H groups in total. The summed E-state index contributed by atoms with van der Waals surface area (Å²) in [4.78, 5) is 81.5. The maximum atomic E-state index is 12.8. The Morgan fingerprint density at radius 3 is 0.907 bits per heavy atom.